The highest BCUT2D eigenvalue weighted by molar-refractivity contribution is 7.85. The van der Waals surface area contributed by atoms with E-state index in [2.05, 4.69) is 6.92 Å². The van der Waals surface area contributed by atoms with Crippen molar-refractivity contribution in [2.75, 3.05) is 19.7 Å². The molecule has 0 bridgehead atoms. The third-order valence-electron chi connectivity index (χ3n) is 7.10. The van der Waals surface area contributed by atoms with Gasteiger partial charge in [-0.15, -0.1) is 0 Å². The number of benzene rings is 3. The highest BCUT2D eigenvalue weighted by Crippen LogP contribution is 2.24. The first-order valence-corrected chi connectivity index (χ1v) is 15.5. The van der Waals surface area contributed by atoms with Crippen LogP contribution in [0.1, 0.15) is 60.5 Å². The van der Waals surface area contributed by atoms with Crippen LogP contribution in [-0.2, 0) is 19.6 Å². The monoisotopic (exact) mass is 593 g/mol. The first-order chi connectivity index (χ1) is 20.0. The highest BCUT2D eigenvalue weighted by atomic mass is 32.2. The number of hydrogen-bond acceptors (Lipinski definition) is 6. The van der Waals surface area contributed by atoms with Gasteiger partial charge in [0.1, 0.15) is 5.84 Å². The van der Waals surface area contributed by atoms with Crippen molar-refractivity contribution in [3.05, 3.63) is 89.5 Å². The summed E-state index contributed by atoms with van der Waals surface area (Å²) >= 11 is 0. The fourth-order valence-electron chi connectivity index (χ4n) is 4.51. The van der Waals surface area contributed by atoms with Crippen LogP contribution in [-0.4, -0.2) is 55.3 Å². The lowest BCUT2D eigenvalue weighted by molar-refractivity contribution is -0.145. The van der Waals surface area contributed by atoms with Crippen LogP contribution in [0, 0.1) is 18.3 Å². The van der Waals surface area contributed by atoms with Crippen molar-refractivity contribution in [2.45, 2.75) is 50.8 Å². The van der Waals surface area contributed by atoms with Gasteiger partial charge in [0.2, 0.25) is 0 Å². The first-order valence-electron chi connectivity index (χ1n) is 14.0. The van der Waals surface area contributed by atoms with E-state index < -0.39 is 10.1 Å². The second kappa shape index (κ2) is 15.3. The minimum atomic E-state index is -4.02. The van der Waals surface area contributed by atoms with Gasteiger partial charge in [-0.25, -0.2) is 0 Å². The number of esters is 1. The van der Waals surface area contributed by atoms with Gasteiger partial charge in [-0.1, -0.05) is 67.4 Å². The third kappa shape index (κ3) is 9.81. The quantitative estimate of drug-likeness (QED) is 0.0979. The average molecular weight is 594 g/mol. The number of rotatable bonds is 9. The number of ether oxygens (including phenoxy) is 1. The van der Waals surface area contributed by atoms with Gasteiger partial charge in [-0.3, -0.25) is 19.6 Å². The number of nitrogens with one attached hydrogen (secondary N) is 1. The van der Waals surface area contributed by atoms with E-state index in [4.69, 9.17) is 20.4 Å². The van der Waals surface area contributed by atoms with Gasteiger partial charge in [-0.05, 0) is 67.5 Å². The van der Waals surface area contributed by atoms with Crippen LogP contribution in [0.15, 0.2) is 77.7 Å². The minimum Gasteiger partial charge on any atom is -0.466 e. The zero-order valence-corrected chi connectivity index (χ0v) is 24.9. The SMILES string of the molecule is CCCCOC(=O)CC1CCN(C(=O)c2ccc(-c3ccc(C(=N)N)cc3)cc2)CC1.Cc1ccc(S(=O)(=O)O)cc1. The Bertz CT molecular complexity index is 1450. The summed E-state index contributed by atoms with van der Waals surface area (Å²) in [6.07, 6.45) is 4.02. The number of unbranched alkanes of at least 4 members (excludes halogenated alkanes) is 1. The molecule has 9 nitrogen and oxygen atoms in total. The van der Waals surface area contributed by atoms with Crippen LogP contribution >= 0.6 is 0 Å². The standard InChI is InChI=1S/C25H31N3O3.C7H8O3S/c1-2-3-16-31-23(29)17-18-12-14-28(15-13-18)25(30)22-10-6-20(7-11-22)19-4-8-21(9-5-19)24(26)27;1-6-2-4-7(5-3-6)11(8,9)10/h4-11,18H,2-3,12-17H2,1H3,(H3,26,27);2-5H,1H3,(H,8,9,10). The summed E-state index contributed by atoms with van der Waals surface area (Å²) < 4.78 is 34.8. The summed E-state index contributed by atoms with van der Waals surface area (Å²) in [5.74, 6) is 0.246. The Labute approximate surface area is 248 Å². The summed E-state index contributed by atoms with van der Waals surface area (Å²) in [4.78, 5) is 26.6. The van der Waals surface area contributed by atoms with E-state index >= 15 is 0 Å². The first kappa shape index (κ1) is 32.5. The molecule has 1 aliphatic rings. The largest absolute Gasteiger partial charge is 0.466 e. The van der Waals surface area contributed by atoms with E-state index in [9.17, 15) is 18.0 Å². The normalized spacial score (nSPS) is 13.5. The van der Waals surface area contributed by atoms with Gasteiger partial charge in [-0.2, -0.15) is 8.42 Å². The van der Waals surface area contributed by atoms with Crippen molar-refractivity contribution in [3.63, 3.8) is 0 Å². The van der Waals surface area contributed by atoms with Gasteiger partial charge in [0.15, 0.2) is 0 Å². The van der Waals surface area contributed by atoms with E-state index in [0.29, 0.717) is 43.2 Å². The smallest absolute Gasteiger partial charge is 0.306 e. The van der Waals surface area contributed by atoms with Gasteiger partial charge in [0, 0.05) is 30.6 Å². The average Bonchev–Trinajstić information content (AvgIpc) is 2.97. The number of amidine groups is 1. The molecule has 3 aromatic rings. The van der Waals surface area contributed by atoms with Crippen molar-refractivity contribution >= 4 is 27.8 Å². The van der Waals surface area contributed by atoms with Gasteiger partial charge >= 0.3 is 5.97 Å². The fraction of sp³-hybridized carbons (Fsp3) is 0.344. The molecular formula is C32H39N3O6S. The summed E-state index contributed by atoms with van der Waals surface area (Å²) in [6, 6.07) is 21.1. The lowest BCUT2D eigenvalue weighted by Gasteiger charge is -2.31. The van der Waals surface area contributed by atoms with Crippen LogP contribution < -0.4 is 5.73 Å². The molecule has 0 atom stereocenters. The molecule has 42 heavy (non-hydrogen) atoms. The van der Waals surface area contributed by atoms with Crippen molar-refractivity contribution in [3.8, 4) is 11.1 Å². The summed E-state index contributed by atoms with van der Waals surface area (Å²) in [6.45, 7) is 5.75. The Morgan fingerprint density at radius 3 is 1.93 bits per heavy atom. The molecule has 0 aliphatic carbocycles. The molecule has 0 saturated carbocycles. The second-order valence-corrected chi connectivity index (χ2v) is 11.8. The molecule has 4 rings (SSSR count). The number of likely N-dealkylation sites (tertiary alicyclic amines) is 1. The molecule has 0 spiro atoms. The summed E-state index contributed by atoms with van der Waals surface area (Å²) in [7, 11) is -4.02. The third-order valence-corrected chi connectivity index (χ3v) is 7.97. The molecule has 1 amide bonds. The van der Waals surface area contributed by atoms with Gasteiger partial charge in [0.25, 0.3) is 16.0 Å². The van der Waals surface area contributed by atoms with Crippen molar-refractivity contribution in [1.29, 1.82) is 5.41 Å². The molecule has 0 unspecified atom stereocenters. The Morgan fingerprint density at radius 1 is 0.929 bits per heavy atom. The highest BCUT2D eigenvalue weighted by Gasteiger charge is 2.25. The zero-order valence-electron chi connectivity index (χ0n) is 24.1. The van der Waals surface area contributed by atoms with Gasteiger partial charge < -0.3 is 15.4 Å². The molecule has 1 heterocycles. The van der Waals surface area contributed by atoms with E-state index in [0.717, 1.165) is 42.4 Å². The predicted molar refractivity (Wildman–Crippen MR) is 163 cm³/mol. The van der Waals surface area contributed by atoms with E-state index in [1.54, 1.807) is 12.1 Å². The molecule has 224 valence electrons. The molecule has 1 aliphatic heterocycles. The van der Waals surface area contributed by atoms with Crippen molar-refractivity contribution in [1.82, 2.24) is 4.90 Å². The molecule has 0 radical (unpaired) electrons. The number of nitrogens with zero attached hydrogens (tertiary/aromatic N) is 1. The Balaban J connectivity index is 0.000000369. The molecule has 4 N–H and O–H groups in total. The number of nitrogens with two attached hydrogens (primary N) is 1. The topological polar surface area (TPSA) is 151 Å². The van der Waals surface area contributed by atoms with Crippen molar-refractivity contribution < 1.29 is 27.3 Å². The Hall–Kier alpha value is -4.02. The van der Waals surface area contributed by atoms with Crippen LogP contribution in [0.4, 0.5) is 0 Å². The van der Waals surface area contributed by atoms with E-state index in [1.165, 1.54) is 12.1 Å². The minimum absolute atomic E-state index is 0.0300. The number of carbonyl (C=O) groups is 2. The maximum absolute atomic E-state index is 12.9. The number of carbonyl (C=O) groups excluding carboxylic acids is 2. The number of nitrogen functional groups attached to an aromatic ring is 1. The maximum atomic E-state index is 12.9. The van der Waals surface area contributed by atoms with Crippen molar-refractivity contribution in [2.24, 2.45) is 11.7 Å². The van der Waals surface area contributed by atoms with Crippen LogP contribution in [0.25, 0.3) is 11.1 Å². The van der Waals surface area contributed by atoms with Crippen LogP contribution in [0.3, 0.4) is 0 Å². The summed E-state index contributed by atoms with van der Waals surface area (Å²) in [5.41, 5.74) is 9.83. The van der Waals surface area contributed by atoms with E-state index in [1.807, 2.05) is 60.4 Å². The number of piperidine rings is 1. The van der Waals surface area contributed by atoms with Crippen LogP contribution in [0.5, 0.6) is 0 Å². The molecule has 3 aromatic carbocycles. The molecule has 1 saturated heterocycles. The Kier molecular flexibility index (Phi) is 11.8. The molecular weight excluding hydrogens is 554 g/mol. The maximum Gasteiger partial charge on any atom is 0.306 e. The molecule has 1 fully saturated rings. The predicted octanol–water partition coefficient (Wildman–Crippen LogP) is 5.46. The Morgan fingerprint density at radius 2 is 1.45 bits per heavy atom. The zero-order chi connectivity index (χ0) is 30.7. The lowest BCUT2D eigenvalue weighted by atomic mass is 9.93. The number of hydrogen-bond donors (Lipinski definition) is 3. The second-order valence-electron chi connectivity index (χ2n) is 10.4. The fourth-order valence-corrected chi connectivity index (χ4v) is 4.99. The number of amides is 1. The summed E-state index contributed by atoms with van der Waals surface area (Å²) in [5, 5.41) is 7.48. The number of aryl methyl sites for hydroxylation is 1. The van der Waals surface area contributed by atoms with E-state index in [-0.39, 0.29) is 22.6 Å². The lowest BCUT2D eigenvalue weighted by Crippen LogP contribution is -2.39. The van der Waals surface area contributed by atoms with Crippen LogP contribution in [0.2, 0.25) is 0 Å². The van der Waals surface area contributed by atoms with Gasteiger partial charge in [0.05, 0.1) is 11.5 Å². The molecule has 10 heteroatoms. The molecule has 0 aromatic heterocycles.